The Hall–Kier alpha value is -2.99. The second-order valence-electron chi connectivity index (χ2n) is 6.39. The fraction of sp³-hybridized carbons (Fsp3) is 0.263. The molecule has 174 valence electrons. The molecular formula is C19H19ClF3N3O5S. The second-order valence-corrected chi connectivity index (χ2v) is 8.70. The molecule has 0 bridgehead atoms. The van der Waals surface area contributed by atoms with Crippen LogP contribution in [0.4, 0.5) is 18.9 Å². The minimum absolute atomic E-state index is 0.0882. The number of benzene rings is 2. The van der Waals surface area contributed by atoms with Crippen LogP contribution in [0.1, 0.15) is 18.1 Å². The number of hydrogen-bond donors (Lipinski definition) is 2. The van der Waals surface area contributed by atoms with Crippen molar-refractivity contribution in [1.82, 2.24) is 5.43 Å². The number of ether oxygens (including phenoxy) is 1. The molecule has 8 nitrogen and oxygen atoms in total. The van der Waals surface area contributed by atoms with Crippen LogP contribution in [0, 0.1) is 0 Å². The maximum atomic E-state index is 13.0. The van der Waals surface area contributed by atoms with Gasteiger partial charge in [-0.1, -0.05) is 11.6 Å². The zero-order chi connectivity index (χ0) is 24.1. The lowest BCUT2D eigenvalue weighted by Gasteiger charge is -2.23. The Morgan fingerprint density at radius 2 is 1.97 bits per heavy atom. The number of nitrogens with one attached hydrogen (secondary N) is 1. The van der Waals surface area contributed by atoms with Crippen LogP contribution < -0.4 is 14.5 Å². The van der Waals surface area contributed by atoms with Gasteiger partial charge in [0.1, 0.15) is 6.54 Å². The van der Waals surface area contributed by atoms with Gasteiger partial charge < -0.3 is 9.84 Å². The van der Waals surface area contributed by atoms with Crippen LogP contribution in [-0.2, 0) is 21.0 Å². The van der Waals surface area contributed by atoms with Crippen molar-refractivity contribution in [2.24, 2.45) is 5.10 Å². The van der Waals surface area contributed by atoms with E-state index in [-0.39, 0.29) is 16.5 Å². The molecule has 0 aliphatic carbocycles. The summed E-state index contributed by atoms with van der Waals surface area (Å²) in [5, 5.41) is 13.1. The Kier molecular flexibility index (Phi) is 7.97. The Labute approximate surface area is 187 Å². The number of alkyl halides is 3. The van der Waals surface area contributed by atoms with Crippen LogP contribution in [0.3, 0.4) is 0 Å². The summed E-state index contributed by atoms with van der Waals surface area (Å²) < 4.78 is 69.0. The Morgan fingerprint density at radius 1 is 1.28 bits per heavy atom. The van der Waals surface area contributed by atoms with Crippen molar-refractivity contribution in [3.8, 4) is 11.5 Å². The van der Waals surface area contributed by atoms with Gasteiger partial charge in [0.2, 0.25) is 10.0 Å². The molecule has 0 aliphatic rings. The maximum Gasteiger partial charge on any atom is 0.416 e. The van der Waals surface area contributed by atoms with E-state index >= 15 is 0 Å². The lowest BCUT2D eigenvalue weighted by molar-refractivity contribution is -0.137. The fourth-order valence-electron chi connectivity index (χ4n) is 2.49. The normalized spacial score (nSPS) is 12.1. The van der Waals surface area contributed by atoms with Gasteiger partial charge in [-0.3, -0.25) is 9.10 Å². The van der Waals surface area contributed by atoms with Crippen molar-refractivity contribution in [2.75, 3.05) is 23.7 Å². The number of sulfonamides is 1. The Morgan fingerprint density at radius 3 is 2.56 bits per heavy atom. The number of phenolic OH excluding ortho intramolecular Hbond substituents is 1. The summed E-state index contributed by atoms with van der Waals surface area (Å²) in [5.74, 6) is -0.816. The molecule has 0 heterocycles. The summed E-state index contributed by atoms with van der Waals surface area (Å²) in [6, 6.07) is 6.44. The molecule has 1 amide bonds. The molecule has 2 aromatic carbocycles. The third-order valence-electron chi connectivity index (χ3n) is 3.92. The first-order valence-corrected chi connectivity index (χ1v) is 11.2. The van der Waals surface area contributed by atoms with E-state index < -0.39 is 39.9 Å². The predicted molar refractivity (Wildman–Crippen MR) is 114 cm³/mol. The van der Waals surface area contributed by atoms with Crippen LogP contribution in [0.15, 0.2) is 41.5 Å². The summed E-state index contributed by atoms with van der Waals surface area (Å²) in [5.41, 5.74) is 0.920. The van der Waals surface area contributed by atoms with Gasteiger partial charge in [0.05, 0.1) is 35.4 Å². The highest BCUT2D eigenvalue weighted by Crippen LogP contribution is 2.36. The van der Waals surface area contributed by atoms with Crippen molar-refractivity contribution in [3.05, 3.63) is 52.5 Å². The summed E-state index contributed by atoms with van der Waals surface area (Å²) in [7, 11) is -4.17. The summed E-state index contributed by atoms with van der Waals surface area (Å²) >= 11 is 5.90. The summed E-state index contributed by atoms with van der Waals surface area (Å²) in [6.07, 6.45) is -2.80. The SMILES string of the molecule is CCOc1cc(/C=N\NC(=O)CN(c2cc(C(F)(F)F)ccc2Cl)S(C)(=O)=O)ccc1O. The van der Waals surface area contributed by atoms with Gasteiger partial charge >= 0.3 is 6.18 Å². The van der Waals surface area contributed by atoms with Crippen molar-refractivity contribution in [1.29, 1.82) is 0 Å². The molecule has 2 N–H and O–H groups in total. The molecule has 0 saturated carbocycles. The third kappa shape index (κ3) is 6.76. The molecule has 13 heteroatoms. The first-order chi connectivity index (χ1) is 14.8. The molecule has 32 heavy (non-hydrogen) atoms. The van der Waals surface area contributed by atoms with E-state index in [9.17, 15) is 31.5 Å². The van der Waals surface area contributed by atoms with E-state index in [1.807, 2.05) is 0 Å². The highest BCUT2D eigenvalue weighted by molar-refractivity contribution is 7.92. The lowest BCUT2D eigenvalue weighted by Crippen LogP contribution is -2.39. The number of anilines is 1. The summed E-state index contributed by atoms with van der Waals surface area (Å²) in [4.78, 5) is 12.2. The Bertz CT molecular complexity index is 1120. The molecular weight excluding hydrogens is 475 g/mol. The Balaban J connectivity index is 2.20. The van der Waals surface area contributed by atoms with Crippen LogP contribution >= 0.6 is 11.6 Å². The molecule has 2 aromatic rings. The molecule has 0 saturated heterocycles. The highest BCUT2D eigenvalue weighted by atomic mass is 35.5. The van der Waals surface area contributed by atoms with Gasteiger partial charge in [-0.15, -0.1) is 0 Å². The fourth-order valence-corrected chi connectivity index (χ4v) is 3.62. The first kappa shape index (κ1) is 25.3. The second kappa shape index (κ2) is 10.1. The van der Waals surface area contributed by atoms with E-state index in [4.69, 9.17) is 16.3 Å². The number of aromatic hydroxyl groups is 1. The number of phenols is 1. The van der Waals surface area contributed by atoms with E-state index in [0.29, 0.717) is 28.6 Å². The number of amides is 1. The zero-order valence-corrected chi connectivity index (χ0v) is 18.4. The van der Waals surface area contributed by atoms with Crippen LogP contribution in [0.25, 0.3) is 0 Å². The summed E-state index contributed by atoms with van der Waals surface area (Å²) in [6.45, 7) is 1.17. The van der Waals surface area contributed by atoms with Crippen molar-refractivity contribution in [2.45, 2.75) is 13.1 Å². The number of hydrazone groups is 1. The zero-order valence-electron chi connectivity index (χ0n) is 16.9. The topological polar surface area (TPSA) is 108 Å². The van der Waals surface area contributed by atoms with Crippen molar-refractivity contribution < 1.29 is 36.2 Å². The van der Waals surface area contributed by atoms with E-state index in [0.717, 1.165) is 12.3 Å². The average molecular weight is 494 g/mol. The van der Waals surface area contributed by atoms with Gasteiger partial charge in [0.25, 0.3) is 5.91 Å². The number of hydrogen-bond acceptors (Lipinski definition) is 6. The monoisotopic (exact) mass is 493 g/mol. The van der Waals surface area contributed by atoms with E-state index in [2.05, 4.69) is 10.5 Å². The van der Waals surface area contributed by atoms with Crippen LogP contribution in [0.5, 0.6) is 11.5 Å². The molecule has 0 spiro atoms. The number of halogens is 4. The van der Waals surface area contributed by atoms with E-state index in [1.54, 1.807) is 6.92 Å². The molecule has 0 fully saturated rings. The quantitative estimate of drug-likeness (QED) is 0.433. The molecule has 0 radical (unpaired) electrons. The van der Waals surface area contributed by atoms with E-state index in [1.165, 1.54) is 24.4 Å². The number of carbonyl (C=O) groups is 1. The predicted octanol–water partition coefficient (Wildman–Crippen LogP) is 3.38. The van der Waals surface area contributed by atoms with Gasteiger partial charge in [-0.25, -0.2) is 13.8 Å². The van der Waals surface area contributed by atoms with Gasteiger partial charge in [-0.05, 0) is 48.9 Å². The minimum atomic E-state index is -4.74. The first-order valence-electron chi connectivity index (χ1n) is 8.95. The van der Waals surface area contributed by atoms with Gasteiger partial charge in [0, 0.05) is 0 Å². The smallest absolute Gasteiger partial charge is 0.416 e. The highest BCUT2D eigenvalue weighted by Gasteiger charge is 2.33. The molecule has 0 atom stereocenters. The standard InChI is InChI=1S/C19H19ClF3N3O5S/c1-3-31-17-8-12(4-7-16(17)27)10-24-25-18(28)11-26(32(2,29)30)15-9-13(19(21,22)23)5-6-14(15)20/h4-10,27H,3,11H2,1-2H3,(H,25,28)/b24-10-. The third-order valence-corrected chi connectivity index (χ3v) is 5.36. The average Bonchev–Trinajstić information content (AvgIpc) is 2.67. The van der Waals surface area contributed by atoms with Crippen LogP contribution in [-0.4, -0.2) is 45.1 Å². The van der Waals surface area contributed by atoms with Gasteiger partial charge in [0.15, 0.2) is 11.5 Å². The number of nitrogens with zero attached hydrogens (tertiary/aromatic N) is 2. The molecule has 0 aliphatic heterocycles. The van der Waals surface area contributed by atoms with Gasteiger partial charge in [-0.2, -0.15) is 18.3 Å². The van der Waals surface area contributed by atoms with Crippen LogP contribution in [0.2, 0.25) is 5.02 Å². The largest absolute Gasteiger partial charge is 0.504 e. The lowest BCUT2D eigenvalue weighted by atomic mass is 10.2. The van der Waals surface area contributed by atoms with Crippen molar-refractivity contribution in [3.63, 3.8) is 0 Å². The number of carbonyl (C=O) groups excluding carboxylic acids is 1. The molecule has 2 rings (SSSR count). The molecule has 0 aromatic heterocycles. The van der Waals surface area contributed by atoms with Crippen molar-refractivity contribution >= 4 is 39.4 Å². The molecule has 0 unspecified atom stereocenters. The minimum Gasteiger partial charge on any atom is -0.504 e. The number of rotatable bonds is 8. The maximum absolute atomic E-state index is 13.0.